The topological polar surface area (TPSA) is 70.1 Å². The molecule has 1 atom stereocenters. The van der Waals surface area contributed by atoms with Gasteiger partial charge in [-0.2, -0.15) is 0 Å². The van der Waals surface area contributed by atoms with Gasteiger partial charge in [0.05, 0.1) is 18.7 Å². The normalized spacial score (nSPS) is 18.1. The number of methoxy groups -OCH3 is 1. The number of ketones is 1. The van der Waals surface area contributed by atoms with E-state index in [9.17, 15) is 19.1 Å². The molecule has 31 heavy (non-hydrogen) atoms. The van der Waals surface area contributed by atoms with E-state index in [2.05, 4.69) is 15.9 Å². The van der Waals surface area contributed by atoms with Crippen LogP contribution in [0.4, 0.5) is 4.39 Å². The van der Waals surface area contributed by atoms with E-state index in [0.29, 0.717) is 18.5 Å². The number of benzene rings is 2. The van der Waals surface area contributed by atoms with Crippen LogP contribution in [-0.4, -0.2) is 60.9 Å². The van der Waals surface area contributed by atoms with Gasteiger partial charge >= 0.3 is 0 Å². The van der Waals surface area contributed by atoms with Gasteiger partial charge in [-0.3, -0.25) is 9.59 Å². The summed E-state index contributed by atoms with van der Waals surface area (Å²) in [5.74, 6) is -2.53. The van der Waals surface area contributed by atoms with Crippen molar-refractivity contribution < 1.29 is 23.8 Å². The quantitative estimate of drug-likeness (QED) is 0.361. The molecule has 2 aromatic rings. The zero-order valence-corrected chi connectivity index (χ0v) is 19.1. The minimum atomic E-state index is -0.786. The average molecular weight is 491 g/mol. The van der Waals surface area contributed by atoms with Crippen LogP contribution in [0.2, 0.25) is 0 Å². The largest absolute Gasteiger partial charge is 0.507 e. The van der Waals surface area contributed by atoms with Crippen molar-refractivity contribution in [2.45, 2.75) is 12.5 Å². The number of Topliss-reactive ketones (excluding diaryl/α,β-unsaturated/α-hetero) is 1. The molecule has 0 aliphatic carbocycles. The summed E-state index contributed by atoms with van der Waals surface area (Å²) < 4.78 is 20.0. The van der Waals surface area contributed by atoms with Crippen LogP contribution in [-0.2, 0) is 9.59 Å². The Morgan fingerprint density at radius 1 is 1.19 bits per heavy atom. The highest BCUT2D eigenvalue weighted by atomic mass is 79.9. The third-order valence-corrected chi connectivity index (χ3v) is 5.68. The van der Waals surface area contributed by atoms with Gasteiger partial charge in [0.25, 0.3) is 11.7 Å². The molecule has 8 heteroatoms. The van der Waals surface area contributed by atoms with Gasteiger partial charge in [-0.15, -0.1) is 0 Å². The lowest BCUT2D eigenvalue weighted by atomic mass is 9.95. The zero-order valence-electron chi connectivity index (χ0n) is 17.6. The molecule has 0 bridgehead atoms. The summed E-state index contributed by atoms with van der Waals surface area (Å²) in [6.45, 7) is 1.08. The third-order valence-electron chi connectivity index (χ3n) is 5.16. The lowest BCUT2D eigenvalue weighted by Crippen LogP contribution is -2.32. The van der Waals surface area contributed by atoms with Gasteiger partial charge < -0.3 is 19.6 Å². The second-order valence-electron chi connectivity index (χ2n) is 7.55. The van der Waals surface area contributed by atoms with E-state index in [4.69, 9.17) is 4.74 Å². The number of ether oxygens (including phenoxy) is 1. The lowest BCUT2D eigenvalue weighted by Gasteiger charge is -2.26. The minimum Gasteiger partial charge on any atom is -0.507 e. The number of rotatable bonds is 7. The number of nitrogens with zero attached hydrogens (tertiary/aromatic N) is 2. The number of amides is 1. The van der Waals surface area contributed by atoms with Gasteiger partial charge in [-0.1, -0.05) is 28.1 Å². The molecule has 1 saturated heterocycles. The maximum Gasteiger partial charge on any atom is 0.295 e. The standard InChI is InChI=1S/C23H24BrFN2O4/c1-26(2)11-4-12-27-20(14-5-8-16(24)9-6-14)19(22(29)23(27)30)21(28)15-7-10-18(31-3)17(25)13-15/h5-10,13,20,28H,4,11-12H2,1-3H3/b21-19+. The first-order chi connectivity index (χ1) is 14.7. The van der Waals surface area contributed by atoms with Crippen molar-refractivity contribution in [3.05, 3.63) is 69.5 Å². The fourth-order valence-electron chi connectivity index (χ4n) is 3.63. The number of hydrogen-bond donors (Lipinski definition) is 1. The maximum atomic E-state index is 14.2. The molecule has 0 aromatic heterocycles. The van der Waals surface area contributed by atoms with Gasteiger partial charge in [0.15, 0.2) is 11.6 Å². The number of aliphatic hydroxyl groups is 1. The molecule has 0 saturated carbocycles. The number of carbonyl (C=O) groups excluding carboxylic acids is 2. The minimum absolute atomic E-state index is 0.0187. The van der Waals surface area contributed by atoms with Gasteiger partial charge in [-0.25, -0.2) is 4.39 Å². The van der Waals surface area contributed by atoms with Gasteiger partial charge in [0.2, 0.25) is 0 Å². The van der Waals surface area contributed by atoms with Crippen LogP contribution in [0.25, 0.3) is 5.76 Å². The van der Waals surface area contributed by atoms with Crippen LogP contribution in [0.5, 0.6) is 5.75 Å². The summed E-state index contributed by atoms with van der Waals surface area (Å²) in [5.41, 5.74) is 0.733. The first kappa shape index (κ1) is 23.0. The van der Waals surface area contributed by atoms with Crippen LogP contribution >= 0.6 is 15.9 Å². The molecule has 1 fully saturated rings. The van der Waals surface area contributed by atoms with E-state index in [1.807, 2.05) is 31.1 Å². The molecule has 1 unspecified atom stereocenters. The maximum absolute atomic E-state index is 14.2. The number of halogens is 2. The molecule has 6 nitrogen and oxygen atoms in total. The third kappa shape index (κ3) is 4.80. The van der Waals surface area contributed by atoms with E-state index in [0.717, 1.165) is 17.1 Å². The fourth-order valence-corrected chi connectivity index (χ4v) is 3.89. The number of carbonyl (C=O) groups is 2. The smallest absolute Gasteiger partial charge is 0.295 e. The fraction of sp³-hybridized carbons (Fsp3) is 0.304. The molecule has 1 aliphatic heterocycles. The second kappa shape index (κ2) is 9.62. The Morgan fingerprint density at radius 3 is 2.45 bits per heavy atom. The van der Waals surface area contributed by atoms with Crippen LogP contribution in [0.1, 0.15) is 23.6 Å². The molecular weight excluding hydrogens is 467 g/mol. The first-order valence-electron chi connectivity index (χ1n) is 9.77. The van der Waals surface area contributed by atoms with Crippen molar-refractivity contribution in [3.63, 3.8) is 0 Å². The van der Waals surface area contributed by atoms with Gasteiger partial charge in [0, 0.05) is 16.6 Å². The number of hydrogen-bond acceptors (Lipinski definition) is 5. The SMILES string of the molecule is COc1ccc(/C(O)=C2\C(=O)C(=O)N(CCCN(C)C)C2c2ccc(Br)cc2)cc1F. The van der Waals surface area contributed by atoms with Crippen LogP contribution < -0.4 is 4.74 Å². The van der Waals surface area contributed by atoms with Crippen LogP contribution in [0, 0.1) is 5.82 Å². The molecule has 0 radical (unpaired) electrons. The van der Waals surface area contributed by atoms with Crippen LogP contribution in [0.3, 0.4) is 0 Å². The Kier molecular flexibility index (Phi) is 7.12. The van der Waals surface area contributed by atoms with Crippen molar-refractivity contribution in [3.8, 4) is 5.75 Å². The average Bonchev–Trinajstić information content (AvgIpc) is 2.98. The van der Waals surface area contributed by atoms with Gasteiger partial charge in [0.1, 0.15) is 5.76 Å². The Labute approximate surface area is 189 Å². The van der Waals surface area contributed by atoms with Gasteiger partial charge in [-0.05, 0) is 63.0 Å². The van der Waals surface area contributed by atoms with Crippen molar-refractivity contribution in [2.24, 2.45) is 0 Å². The van der Waals surface area contributed by atoms with E-state index in [1.165, 1.54) is 24.1 Å². The van der Waals surface area contributed by atoms with E-state index in [-0.39, 0.29) is 16.9 Å². The monoisotopic (exact) mass is 490 g/mol. The molecular formula is C23H24BrFN2O4. The zero-order chi connectivity index (χ0) is 22.7. The van der Waals surface area contributed by atoms with Crippen molar-refractivity contribution >= 4 is 33.4 Å². The summed E-state index contributed by atoms with van der Waals surface area (Å²) in [6, 6.07) is 10.3. The Balaban J connectivity index is 2.10. The predicted octanol–water partition coefficient (Wildman–Crippen LogP) is 3.97. The molecule has 1 amide bonds. The van der Waals surface area contributed by atoms with Crippen molar-refractivity contribution in [1.29, 1.82) is 0 Å². The molecule has 1 aliphatic rings. The Morgan fingerprint density at radius 2 is 1.87 bits per heavy atom. The van der Waals surface area contributed by atoms with E-state index in [1.54, 1.807) is 12.1 Å². The molecule has 1 heterocycles. The molecule has 2 aromatic carbocycles. The number of aliphatic hydroxyl groups excluding tert-OH is 1. The molecule has 3 rings (SSSR count). The van der Waals surface area contributed by atoms with Crippen molar-refractivity contribution in [1.82, 2.24) is 9.80 Å². The first-order valence-corrected chi connectivity index (χ1v) is 10.6. The summed E-state index contributed by atoms with van der Waals surface area (Å²) in [4.78, 5) is 29.3. The summed E-state index contributed by atoms with van der Waals surface area (Å²) >= 11 is 3.39. The summed E-state index contributed by atoms with van der Waals surface area (Å²) in [6.07, 6.45) is 0.657. The van der Waals surface area contributed by atoms with E-state index >= 15 is 0 Å². The second-order valence-corrected chi connectivity index (χ2v) is 8.47. The highest BCUT2D eigenvalue weighted by Crippen LogP contribution is 2.40. The van der Waals surface area contributed by atoms with Crippen molar-refractivity contribution in [2.75, 3.05) is 34.3 Å². The van der Waals surface area contributed by atoms with Crippen LogP contribution in [0.15, 0.2) is 52.5 Å². The highest BCUT2D eigenvalue weighted by molar-refractivity contribution is 9.10. The Bertz CT molecular complexity index is 1020. The Hall–Kier alpha value is -2.71. The highest BCUT2D eigenvalue weighted by Gasteiger charge is 2.45. The number of likely N-dealkylation sites (tertiary alicyclic amines) is 1. The summed E-state index contributed by atoms with van der Waals surface area (Å²) in [7, 11) is 5.20. The molecule has 0 spiro atoms. The molecule has 1 N–H and O–H groups in total. The van der Waals surface area contributed by atoms with E-state index < -0.39 is 29.3 Å². The summed E-state index contributed by atoms with van der Waals surface area (Å²) in [5, 5.41) is 11.0. The molecule has 164 valence electrons. The predicted molar refractivity (Wildman–Crippen MR) is 119 cm³/mol. The lowest BCUT2D eigenvalue weighted by molar-refractivity contribution is -0.139.